The van der Waals surface area contributed by atoms with E-state index in [1.54, 1.807) is 0 Å². The standard InChI is InChI=1S/C14H14N2O4S/c17-14-6-5-12(9-15-14)21(18,19)16-7-8-20-13-4-2-1-3-11(13)10-16/h1-6,9H,7-8,10H2,(H,15,17). The Balaban J connectivity index is 1.96. The number of aromatic nitrogens is 1. The summed E-state index contributed by atoms with van der Waals surface area (Å²) in [6, 6.07) is 9.88. The van der Waals surface area contributed by atoms with Gasteiger partial charge in [-0.1, -0.05) is 18.2 Å². The van der Waals surface area contributed by atoms with Gasteiger partial charge in [0.2, 0.25) is 15.6 Å². The first-order valence-corrected chi connectivity index (χ1v) is 7.91. The van der Waals surface area contributed by atoms with E-state index in [0.29, 0.717) is 12.4 Å². The fourth-order valence-electron chi connectivity index (χ4n) is 2.21. The number of nitrogens with zero attached hydrogens (tertiary/aromatic N) is 1. The Labute approximate surface area is 122 Å². The van der Waals surface area contributed by atoms with Crippen molar-refractivity contribution < 1.29 is 13.2 Å². The van der Waals surface area contributed by atoms with Gasteiger partial charge in [-0.2, -0.15) is 4.31 Å². The molecule has 0 atom stereocenters. The van der Waals surface area contributed by atoms with E-state index >= 15 is 0 Å². The third kappa shape index (κ3) is 2.70. The van der Waals surface area contributed by atoms with Crippen molar-refractivity contribution in [3.63, 3.8) is 0 Å². The van der Waals surface area contributed by atoms with Gasteiger partial charge in [0, 0.05) is 30.9 Å². The Kier molecular flexibility index (Phi) is 3.52. The largest absolute Gasteiger partial charge is 0.492 e. The Morgan fingerprint density at radius 3 is 2.71 bits per heavy atom. The number of fused-ring (bicyclic) bond motifs is 1. The fourth-order valence-corrected chi connectivity index (χ4v) is 3.58. The molecule has 0 spiro atoms. The third-order valence-electron chi connectivity index (χ3n) is 3.31. The average molecular weight is 306 g/mol. The number of hydrogen-bond acceptors (Lipinski definition) is 4. The normalized spacial score (nSPS) is 15.8. The number of H-pyrrole nitrogens is 1. The van der Waals surface area contributed by atoms with E-state index in [1.807, 2.05) is 24.3 Å². The van der Waals surface area contributed by atoms with E-state index in [-0.39, 0.29) is 23.5 Å². The molecule has 0 saturated heterocycles. The van der Waals surface area contributed by atoms with Crippen molar-refractivity contribution in [1.29, 1.82) is 0 Å². The molecule has 0 unspecified atom stereocenters. The van der Waals surface area contributed by atoms with Crippen molar-refractivity contribution in [1.82, 2.24) is 9.29 Å². The summed E-state index contributed by atoms with van der Waals surface area (Å²) < 4.78 is 32.1. The zero-order valence-electron chi connectivity index (χ0n) is 11.2. The van der Waals surface area contributed by atoms with E-state index in [4.69, 9.17) is 4.74 Å². The van der Waals surface area contributed by atoms with Gasteiger partial charge in [0.1, 0.15) is 12.4 Å². The molecule has 0 amide bonds. The van der Waals surface area contributed by atoms with Crippen molar-refractivity contribution >= 4 is 10.0 Å². The number of benzene rings is 1. The molecule has 1 aliphatic heterocycles. The van der Waals surface area contributed by atoms with E-state index < -0.39 is 10.0 Å². The number of rotatable bonds is 2. The first-order valence-electron chi connectivity index (χ1n) is 6.47. The van der Waals surface area contributed by atoms with Crippen LogP contribution in [0.1, 0.15) is 5.56 Å². The van der Waals surface area contributed by atoms with E-state index in [1.165, 1.54) is 22.6 Å². The maximum atomic E-state index is 12.6. The Hall–Kier alpha value is -2.12. The molecule has 0 aliphatic carbocycles. The predicted molar refractivity (Wildman–Crippen MR) is 76.6 cm³/mol. The maximum absolute atomic E-state index is 12.6. The predicted octanol–water partition coefficient (Wildman–Crippen LogP) is 0.958. The van der Waals surface area contributed by atoms with Gasteiger partial charge in [-0.05, 0) is 12.1 Å². The van der Waals surface area contributed by atoms with Crippen LogP contribution >= 0.6 is 0 Å². The topological polar surface area (TPSA) is 79.5 Å². The van der Waals surface area contributed by atoms with E-state index in [0.717, 1.165) is 5.56 Å². The number of hydrogen-bond donors (Lipinski definition) is 1. The Morgan fingerprint density at radius 1 is 1.14 bits per heavy atom. The van der Waals surface area contributed by atoms with Crippen LogP contribution in [-0.4, -0.2) is 30.9 Å². The van der Waals surface area contributed by atoms with Crippen molar-refractivity contribution in [3.8, 4) is 5.75 Å². The van der Waals surface area contributed by atoms with Gasteiger partial charge in [0.05, 0.1) is 4.90 Å². The van der Waals surface area contributed by atoms with Gasteiger partial charge in [0.15, 0.2) is 0 Å². The summed E-state index contributed by atoms with van der Waals surface area (Å²) in [4.78, 5) is 13.5. The summed E-state index contributed by atoms with van der Waals surface area (Å²) in [5.41, 5.74) is 0.487. The number of ether oxygens (including phenoxy) is 1. The lowest BCUT2D eigenvalue weighted by molar-refractivity contribution is 0.293. The Bertz CT molecular complexity index is 793. The van der Waals surface area contributed by atoms with E-state index in [9.17, 15) is 13.2 Å². The summed E-state index contributed by atoms with van der Waals surface area (Å²) in [6.45, 7) is 0.799. The molecule has 0 bridgehead atoms. The minimum Gasteiger partial charge on any atom is -0.492 e. The minimum atomic E-state index is -3.66. The van der Waals surface area contributed by atoms with Crippen molar-refractivity contribution in [2.75, 3.05) is 13.2 Å². The lowest BCUT2D eigenvalue weighted by Gasteiger charge is -2.19. The third-order valence-corrected chi connectivity index (χ3v) is 5.15. The van der Waals surface area contributed by atoms with Gasteiger partial charge in [-0.25, -0.2) is 8.42 Å². The molecule has 0 fully saturated rings. The lowest BCUT2D eigenvalue weighted by atomic mass is 10.2. The van der Waals surface area contributed by atoms with Gasteiger partial charge < -0.3 is 9.72 Å². The highest BCUT2D eigenvalue weighted by molar-refractivity contribution is 7.89. The van der Waals surface area contributed by atoms with Crippen LogP contribution in [-0.2, 0) is 16.6 Å². The van der Waals surface area contributed by atoms with Crippen molar-refractivity contribution in [3.05, 3.63) is 58.5 Å². The van der Waals surface area contributed by atoms with Crippen LogP contribution in [0.3, 0.4) is 0 Å². The van der Waals surface area contributed by atoms with Gasteiger partial charge in [0.25, 0.3) is 0 Å². The zero-order chi connectivity index (χ0) is 14.9. The van der Waals surface area contributed by atoms with Crippen LogP contribution in [0.15, 0.2) is 52.3 Å². The highest BCUT2D eigenvalue weighted by Gasteiger charge is 2.27. The molecular weight excluding hydrogens is 292 g/mol. The van der Waals surface area contributed by atoms with Crippen molar-refractivity contribution in [2.24, 2.45) is 0 Å². The van der Waals surface area contributed by atoms with Crippen LogP contribution in [0.2, 0.25) is 0 Å². The molecule has 110 valence electrons. The zero-order valence-corrected chi connectivity index (χ0v) is 12.0. The van der Waals surface area contributed by atoms with Crippen LogP contribution in [0.5, 0.6) is 5.75 Å². The minimum absolute atomic E-state index is 0.0708. The lowest BCUT2D eigenvalue weighted by Crippen LogP contribution is -2.32. The van der Waals surface area contributed by atoms with Crippen LogP contribution in [0.25, 0.3) is 0 Å². The number of pyridine rings is 1. The summed E-state index contributed by atoms with van der Waals surface area (Å²) in [5.74, 6) is 0.705. The van der Waals surface area contributed by atoms with Gasteiger partial charge >= 0.3 is 0 Å². The molecule has 1 aromatic heterocycles. The average Bonchev–Trinajstić information content (AvgIpc) is 2.70. The van der Waals surface area contributed by atoms with Gasteiger partial charge in [-0.3, -0.25) is 4.79 Å². The second-order valence-electron chi connectivity index (χ2n) is 4.68. The first-order chi connectivity index (χ1) is 10.1. The molecule has 6 nitrogen and oxygen atoms in total. The Morgan fingerprint density at radius 2 is 1.95 bits per heavy atom. The second-order valence-corrected chi connectivity index (χ2v) is 6.62. The summed E-state index contributed by atoms with van der Waals surface area (Å²) in [5, 5.41) is 0. The van der Waals surface area contributed by atoms with Crippen molar-refractivity contribution in [2.45, 2.75) is 11.4 Å². The van der Waals surface area contributed by atoms with Crippen LogP contribution in [0.4, 0.5) is 0 Å². The maximum Gasteiger partial charge on any atom is 0.247 e. The molecule has 3 rings (SSSR count). The van der Waals surface area contributed by atoms with Crippen LogP contribution in [0, 0.1) is 0 Å². The molecular formula is C14H14N2O4S. The number of sulfonamides is 1. The summed E-state index contributed by atoms with van der Waals surface area (Å²) in [6.07, 6.45) is 1.22. The smallest absolute Gasteiger partial charge is 0.247 e. The second kappa shape index (κ2) is 5.34. The quantitative estimate of drug-likeness (QED) is 0.896. The van der Waals surface area contributed by atoms with Crippen LogP contribution < -0.4 is 10.3 Å². The molecule has 21 heavy (non-hydrogen) atoms. The molecule has 1 aliphatic rings. The summed E-state index contributed by atoms with van der Waals surface area (Å²) in [7, 11) is -3.66. The first kappa shape index (κ1) is 13.8. The number of para-hydroxylation sites is 1. The highest BCUT2D eigenvalue weighted by Crippen LogP contribution is 2.25. The number of aromatic amines is 1. The highest BCUT2D eigenvalue weighted by atomic mass is 32.2. The molecule has 2 aromatic rings. The molecule has 1 aromatic carbocycles. The molecule has 0 saturated carbocycles. The number of nitrogens with one attached hydrogen (secondary N) is 1. The fraction of sp³-hybridized carbons (Fsp3) is 0.214. The molecule has 0 radical (unpaired) electrons. The molecule has 2 heterocycles. The van der Waals surface area contributed by atoms with Gasteiger partial charge in [-0.15, -0.1) is 0 Å². The summed E-state index contributed by atoms with van der Waals surface area (Å²) >= 11 is 0. The van der Waals surface area contributed by atoms with E-state index in [2.05, 4.69) is 4.98 Å². The molecule has 7 heteroatoms. The SMILES string of the molecule is O=c1ccc(S(=O)(=O)N2CCOc3ccccc3C2)c[nH]1. The molecule has 1 N–H and O–H groups in total. The monoisotopic (exact) mass is 306 g/mol.